The highest BCUT2D eigenvalue weighted by Crippen LogP contribution is 2.18. The number of aliphatic hydroxyl groups is 1. The van der Waals surface area contributed by atoms with E-state index >= 15 is 0 Å². The lowest BCUT2D eigenvalue weighted by atomic mass is 10.1. The molecule has 0 bridgehead atoms. The molecule has 5 heteroatoms. The quantitative estimate of drug-likeness (QED) is 0.724. The number of carbonyl (C=O) groups excluding carboxylic acids is 1. The number of hydrogen-bond acceptors (Lipinski definition) is 4. The average Bonchev–Trinajstić information content (AvgIpc) is 2.54. The monoisotopic (exact) mass is 294 g/mol. The van der Waals surface area contributed by atoms with E-state index in [1.807, 2.05) is 31.2 Å². The Morgan fingerprint density at radius 2 is 1.91 bits per heavy atom. The van der Waals surface area contributed by atoms with Crippen LogP contribution in [-0.4, -0.2) is 27.5 Å². The Labute approximate surface area is 126 Å². The molecule has 0 fully saturated rings. The van der Waals surface area contributed by atoms with Gasteiger partial charge in [-0.1, -0.05) is 35.9 Å². The summed E-state index contributed by atoms with van der Waals surface area (Å²) in [6, 6.07) is 12.2. The summed E-state index contributed by atoms with van der Waals surface area (Å²) >= 11 is 0. The van der Waals surface area contributed by atoms with Gasteiger partial charge in [0.05, 0.1) is 10.9 Å². The van der Waals surface area contributed by atoms with Crippen LogP contribution in [0.15, 0.2) is 47.3 Å². The standard InChI is InChI=1S/C17H14N2O3/c1-10-2-4-11(5-3-10)16-18-14-8-12(15(21)9-20)6-7-13(14)17(22)19-16/h2-8,20H,9H2,1H3,(H,18,19,22). The zero-order valence-electron chi connectivity index (χ0n) is 12.0. The van der Waals surface area contributed by atoms with Crippen LogP contribution >= 0.6 is 0 Å². The number of aromatic nitrogens is 2. The van der Waals surface area contributed by atoms with Crippen LogP contribution in [0.3, 0.4) is 0 Å². The first-order valence-electron chi connectivity index (χ1n) is 6.83. The zero-order valence-corrected chi connectivity index (χ0v) is 12.0. The van der Waals surface area contributed by atoms with Crippen molar-refractivity contribution in [2.75, 3.05) is 6.61 Å². The van der Waals surface area contributed by atoms with Crippen molar-refractivity contribution in [2.24, 2.45) is 0 Å². The molecular weight excluding hydrogens is 280 g/mol. The van der Waals surface area contributed by atoms with Crippen molar-refractivity contribution in [3.8, 4) is 11.4 Å². The van der Waals surface area contributed by atoms with E-state index in [0.29, 0.717) is 22.3 Å². The van der Waals surface area contributed by atoms with Gasteiger partial charge in [0.1, 0.15) is 12.4 Å². The summed E-state index contributed by atoms with van der Waals surface area (Å²) in [6.45, 7) is 1.41. The lowest BCUT2D eigenvalue weighted by Gasteiger charge is -2.05. The van der Waals surface area contributed by atoms with Crippen molar-refractivity contribution in [2.45, 2.75) is 6.92 Å². The van der Waals surface area contributed by atoms with Gasteiger partial charge in [0, 0.05) is 11.1 Å². The maximum absolute atomic E-state index is 12.2. The van der Waals surface area contributed by atoms with Gasteiger partial charge in [-0.25, -0.2) is 4.98 Å². The van der Waals surface area contributed by atoms with Gasteiger partial charge in [0.25, 0.3) is 5.56 Å². The molecule has 0 saturated carbocycles. The van der Waals surface area contributed by atoms with Crippen molar-refractivity contribution < 1.29 is 9.90 Å². The Kier molecular flexibility index (Phi) is 3.56. The Bertz CT molecular complexity index is 911. The Morgan fingerprint density at radius 3 is 2.59 bits per heavy atom. The summed E-state index contributed by atoms with van der Waals surface area (Å²) in [7, 11) is 0. The number of fused-ring (bicyclic) bond motifs is 1. The van der Waals surface area contributed by atoms with Crippen molar-refractivity contribution in [1.82, 2.24) is 9.97 Å². The summed E-state index contributed by atoms with van der Waals surface area (Å²) in [6.07, 6.45) is 0. The molecule has 0 aliphatic rings. The fourth-order valence-electron chi connectivity index (χ4n) is 2.25. The maximum atomic E-state index is 12.2. The number of hydrogen-bond donors (Lipinski definition) is 2. The molecule has 3 aromatic rings. The molecule has 110 valence electrons. The Balaban J connectivity index is 2.19. The minimum absolute atomic E-state index is 0.261. The van der Waals surface area contributed by atoms with Crippen LogP contribution in [0.1, 0.15) is 15.9 Å². The van der Waals surface area contributed by atoms with E-state index in [9.17, 15) is 9.59 Å². The van der Waals surface area contributed by atoms with E-state index in [1.54, 1.807) is 6.07 Å². The molecule has 0 amide bonds. The molecular formula is C17H14N2O3. The molecule has 0 atom stereocenters. The van der Waals surface area contributed by atoms with E-state index in [1.165, 1.54) is 12.1 Å². The van der Waals surface area contributed by atoms with Crippen LogP contribution in [0.25, 0.3) is 22.3 Å². The third-order valence-corrected chi connectivity index (χ3v) is 3.50. The lowest BCUT2D eigenvalue weighted by Crippen LogP contribution is -2.11. The van der Waals surface area contributed by atoms with Crippen molar-refractivity contribution in [3.05, 3.63) is 63.9 Å². The number of Topliss-reactive ketones (excluding diaryl/α,β-unsaturated/α-hetero) is 1. The molecule has 1 aromatic heterocycles. The summed E-state index contributed by atoms with van der Waals surface area (Å²) in [4.78, 5) is 30.9. The van der Waals surface area contributed by atoms with Gasteiger partial charge in [-0.15, -0.1) is 0 Å². The van der Waals surface area contributed by atoms with Gasteiger partial charge < -0.3 is 10.1 Å². The first-order chi connectivity index (χ1) is 10.6. The van der Waals surface area contributed by atoms with Crippen LogP contribution in [-0.2, 0) is 0 Å². The summed E-state index contributed by atoms with van der Waals surface area (Å²) in [5.74, 6) is 0.0481. The third kappa shape index (κ3) is 2.54. The molecule has 2 N–H and O–H groups in total. The van der Waals surface area contributed by atoms with Gasteiger partial charge >= 0.3 is 0 Å². The Morgan fingerprint density at radius 1 is 1.18 bits per heavy atom. The van der Waals surface area contributed by atoms with E-state index in [2.05, 4.69) is 9.97 Å². The smallest absolute Gasteiger partial charge is 0.259 e. The highest BCUT2D eigenvalue weighted by Gasteiger charge is 2.10. The zero-order chi connectivity index (χ0) is 15.7. The number of H-pyrrole nitrogens is 1. The number of benzene rings is 2. The highest BCUT2D eigenvalue weighted by atomic mass is 16.3. The molecule has 1 heterocycles. The number of aromatic amines is 1. The second kappa shape index (κ2) is 5.54. The molecule has 0 aliphatic heterocycles. The van der Waals surface area contributed by atoms with Gasteiger partial charge in [-0.2, -0.15) is 0 Å². The third-order valence-electron chi connectivity index (χ3n) is 3.50. The van der Waals surface area contributed by atoms with Gasteiger partial charge in [-0.05, 0) is 19.1 Å². The number of aryl methyl sites for hydroxylation is 1. The van der Waals surface area contributed by atoms with Crippen LogP contribution in [0.5, 0.6) is 0 Å². The van der Waals surface area contributed by atoms with E-state index in [4.69, 9.17) is 5.11 Å². The first kappa shape index (κ1) is 14.2. The summed E-state index contributed by atoms with van der Waals surface area (Å²) in [5, 5.41) is 9.34. The fourth-order valence-corrected chi connectivity index (χ4v) is 2.25. The Hall–Kier alpha value is -2.79. The second-order valence-corrected chi connectivity index (χ2v) is 5.09. The molecule has 0 unspecified atom stereocenters. The summed E-state index contributed by atoms with van der Waals surface area (Å²) < 4.78 is 0. The molecule has 5 nitrogen and oxygen atoms in total. The molecule has 22 heavy (non-hydrogen) atoms. The molecule has 0 saturated heterocycles. The van der Waals surface area contributed by atoms with Crippen molar-refractivity contribution in [3.63, 3.8) is 0 Å². The van der Waals surface area contributed by atoms with E-state index in [-0.39, 0.29) is 5.56 Å². The number of rotatable bonds is 3. The molecule has 2 aromatic carbocycles. The molecule has 0 spiro atoms. The van der Waals surface area contributed by atoms with Gasteiger partial charge in [0.2, 0.25) is 0 Å². The van der Waals surface area contributed by atoms with Crippen LogP contribution in [0.2, 0.25) is 0 Å². The highest BCUT2D eigenvalue weighted by molar-refractivity contribution is 5.99. The number of nitrogens with one attached hydrogen (secondary N) is 1. The van der Waals surface area contributed by atoms with Crippen molar-refractivity contribution in [1.29, 1.82) is 0 Å². The normalized spacial score (nSPS) is 10.8. The van der Waals surface area contributed by atoms with Gasteiger partial charge in [0.15, 0.2) is 5.78 Å². The minimum atomic E-state index is -0.570. The van der Waals surface area contributed by atoms with Crippen LogP contribution in [0, 0.1) is 6.92 Å². The van der Waals surface area contributed by atoms with Crippen molar-refractivity contribution >= 4 is 16.7 Å². The average molecular weight is 294 g/mol. The van der Waals surface area contributed by atoms with Crippen LogP contribution in [0.4, 0.5) is 0 Å². The number of aliphatic hydroxyl groups excluding tert-OH is 1. The molecule has 3 rings (SSSR count). The second-order valence-electron chi connectivity index (χ2n) is 5.09. The first-order valence-corrected chi connectivity index (χ1v) is 6.83. The predicted octanol–water partition coefficient (Wildman–Crippen LogP) is 2.07. The minimum Gasteiger partial charge on any atom is -0.388 e. The number of carbonyl (C=O) groups is 1. The lowest BCUT2D eigenvalue weighted by molar-refractivity contribution is 0.0904. The number of nitrogens with zero attached hydrogens (tertiary/aromatic N) is 1. The summed E-state index contributed by atoms with van der Waals surface area (Å²) in [5.41, 5.74) is 2.41. The van der Waals surface area contributed by atoms with Gasteiger partial charge in [-0.3, -0.25) is 9.59 Å². The largest absolute Gasteiger partial charge is 0.388 e. The number of ketones is 1. The maximum Gasteiger partial charge on any atom is 0.259 e. The van der Waals surface area contributed by atoms with Crippen LogP contribution < -0.4 is 5.56 Å². The fraction of sp³-hybridized carbons (Fsp3) is 0.118. The SMILES string of the molecule is Cc1ccc(-c2nc3cc(C(=O)CO)ccc3c(=O)[nH]2)cc1. The predicted molar refractivity (Wildman–Crippen MR) is 84.0 cm³/mol. The van der Waals surface area contributed by atoms with E-state index < -0.39 is 12.4 Å². The topological polar surface area (TPSA) is 83.0 Å². The molecule has 0 aliphatic carbocycles. The van der Waals surface area contributed by atoms with E-state index in [0.717, 1.165) is 11.1 Å². The molecule has 0 radical (unpaired) electrons.